The van der Waals surface area contributed by atoms with Gasteiger partial charge >= 0.3 is 0 Å². The Morgan fingerprint density at radius 3 is 2.67 bits per heavy atom. The summed E-state index contributed by atoms with van der Waals surface area (Å²) in [6.07, 6.45) is 4.19. The molecule has 6 heteroatoms. The molecule has 94 valence electrons. The molecule has 2 heterocycles. The van der Waals surface area contributed by atoms with Crippen molar-refractivity contribution in [3.8, 4) is 0 Å². The summed E-state index contributed by atoms with van der Waals surface area (Å²) in [7, 11) is 0. The van der Waals surface area contributed by atoms with Crippen LogP contribution in [0.4, 0.5) is 11.5 Å². The van der Waals surface area contributed by atoms with E-state index < -0.39 is 0 Å². The van der Waals surface area contributed by atoms with E-state index >= 15 is 0 Å². The van der Waals surface area contributed by atoms with Gasteiger partial charge in [-0.15, -0.1) is 0 Å². The van der Waals surface area contributed by atoms with E-state index in [4.69, 9.17) is 17.3 Å². The Hall–Kier alpha value is -1.88. The average Bonchev–Trinajstić information content (AvgIpc) is 2.41. The molecule has 0 saturated carbocycles. The minimum absolute atomic E-state index is 0.291. The number of nitrogens with two attached hydrogens (primary N) is 1. The number of aromatic nitrogens is 3. The summed E-state index contributed by atoms with van der Waals surface area (Å²) in [5.41, 5.74) is 7.31. The maximum Gasteiger partial charge on any atom is 0.157 e. The van der Waals surface area contributed by atoms with Gasteiger partial charge < -0.3 is 11.1 Å². The molecule has 0 aliphatic carbocycles. The van der Waals surface area contributed by atoms with Crippen LogP contribution in [0.25, 0.3) is 0 Å². The van der Waals surface area contributed by atoms with Crippen LogP contribution in [0.5, 0.6) is 0 Å². The van der Waals surface area contributed by atoms with Gasteiger partial charge in [-0.05, 0) is 17.7 Å². The second-order valence-electron chi connectivity index (χ2n) is 3.76. The third-order valence-electron chi connectivity index (χ3n) is 2.47. The van der Waals surface area contributed by atoms with E-state index in [9.17, 15) is 0 Å². The van der Waals surface area contributed by atoms with Gasteiger partial charge in [0, 0.05) is 25.4 Å². The van der Waals surface area contributed by atoms with Gasteiger partial charge in [-0.25, -0.2) is 9.97 Å². The van der Waals surface area contributed by atoms with E-state index in [1.54, 1.807) is 12.4 Å². The number of aryl methyl sites for hydroxylation is 1. The van der Waals surface area contributed by atoms with E-state index in [0.717, 1.165) is 5.56 Å². The molecule has 0 spiro atoms. The minimum atomic E-state index is 0.291. The number of hydrogen-bond acceptors (Lipinski definition) is 5. The normalized spacial score (nSPS) is 10.3. The van der Waals surface area contributed by atoms with Gasteiger partial charge in [0.15, 0.2) is 11.0 Å². The molecule has 2 aromatic heterocycles. The first-order valence-corrected chi connectivity index (χ1v) is 6.03. The quantitative estimate of drug-likeness (QED) is 0.828. The minimum Gasteiger partial charge on any atom is -0.393 e. The number of pyridine rings is 1. The largest absolute Gasteiger partial charge is 0.393 e. The number of halogens is 1. The van der Waals surface area contributed by atoms with Crippen molar-refractivity contribution in [1.29, 1.82) is 0 Å². The van der Waals surface area contributed by atoms with Crippen LogP contribution in [-0.4, -0.2) is 15.0 Å². The van der Waals surface area contributed by atoms with E-state index in [-0.39, 0.29) is 0 Å². The smallest absolute Gasteiger partial charge is 0.157 e. The molecule has 0 saturated heterocycles. The Labute approximate surface area is 110 Å². The van der Waals surface area contributed by atoms with E-state index in [0.29, 0.717) is 35.4 Å². The highest BCUT2D eigenvalue weighted by Gasteiger charge is 2.08. The van der Waals surface area contributed by atoms with Crippen molar-refractivity contribution >= 4 is 23.1 Å². The Balaban J connectivity index is 2.16. The fourth-order valence-electron chi connectivity index (χ4n) is 1.46. The van der Waals surface area contributed by atoms with Crippen LogP contribution in [0.1, 0.15) is 18.3 Å². The highest BCUT2D eigenvalue weighted by atomic mass is 35.5. The summed E-state index contributed by atoms with van der Waals surface area (Å²) < 4.78 is 0. The lowest BCUT2D eigenvalue weighted by Crippen LogP contribution is -2.08. The van der Waals surface area contributed by atoms with Gasteiger partial charge in [-0.3, -0.25) is 4.98 Å². The number of nitrogen functional groups attached to an aromatic ring is 1. The van der Waals surface area contributed by atoms with Crippen molar-refractivity contribution in [1.82, 2.24) is 15.0 Å². The Morgan fingerprint density at radius 2 is 2.00 bits per heavy atom. The van der Waals surface area contributed by atoms with Gasteiger partial charge in [-0.1, -0.05) is 18.5 Å². The maximum atomic E-state index is 5.95. The lowest BCUT2D eigenvalue weighted by Gasteiger charge is -2.10. The molecule has 2 aromatic rings. The van der Waals surface area contributed by atoms with Gasteiger partial charge in [0.25, 0.3) is 0 Å². The molecule has 18 heavy (non-hydrogen) atoms. The van der Waals surface area contributed by atoms with E-state index in [2.05, 4.69) is 20.3 Å². The van der Waals surface area contributed by atoms with Crippen LogP contribution in [0.2, 0.25) is 5.15 Å². The van der Waals surface area contributed by atoms with Gasteiger partial charge in [0.05, 0.1) is 0 Å². The summed E-state index contributed by atoms with van der Waals surface area (Å²) in [4.78, 5) is 12.4. The Bertz CT molecular complexity index is 529. The van der Waals surface area contributed by atoms with Crippen LogP contribution < -0.4 is 11.1 Å². The summed E-state index contributed by atoms with van der Waals surface area (Å²) in [6, 6.07) is 3.85. The standard InChI is InChI=1S/C12H14ClN5/c1-2-9-17-11(13)10(14)12(18-9)16-7-8-3-5-15-6-4-8/h3-6H,2,7,14H2,1H3,(H,16,17,18). The van der Waals surface area contributed by atoms with Crippen LogP contribution in [0.15, 0.2) is 24.5 Å². The first-order valence-electron chi connectivity index (χ1n) is 5.65. The molecule has 2 rings (SSSR count). The molecule has 0 fully saturated rings. The monoisotopic (exact) mass is 263 g/mol. The predicted molar refractivity (Wildman–Crippen MR) is 72.4 cm³/mol. The lowest BCUT2D eigenvalue weighted by atomic mass is 10.2. The van der Waals surface area contributed by atoms with Crippen molar-refractivity contribution in [2.45, 2.75) is 19.9 Å². The first-order chi connectivity index (χ1) is 8.70. The SMILES string of the molecule is CCc1nc(Cl)c(N)c(NCc2ccncc2)n1. The van der Waals surface area contributed by atoms with Gasteiger partial charge in [0.1, 0.15) is 11.5 Å². The lowest BCUT2D eigenvalue weighted by molar-refractivity contribution is 0.935. The molecule has 0 amide bonds. The predicted octanol–water partition coefficient (Wildman–Crippen LogP) is 2.28. The summed E-state index contributed by atoms with van der Waals surface area (Å²) in [5.74, 6) is 1.25. The maximum absolute atomic E-state index is 5.95. The molecule has 0 radical (unpaired) electrons. The van der Waals surface area contributed by atoms with Crippen LogP contribution in [0.3, 0.4) is 0 Å². The first kappa shape index (κ1) is 12.6. The van der Waals surface area contributed by atoms with Crippen molar-refractivity contribution in [2.24, 2.45) is 0 Å². The summed E-state index contributed by atoms with van der Waals surface area (Å²) >= 11 is 5.95. The Kier molecular flexibility index (Phi) is 3.94. The van der Waals surface area contributed by atoms with Crippen molar-refractivity contribution in [2.75, 3.05) is 11.1 Å². The number of nitrogens with one attached hydrogen (secondary N) is 1. The zero-order valence-electron chi connectivity index (χ0n) is 10.0. The zero-order valence-corrected chi connectivity index (χ0v) is 10.8. The molecule has 0 aliphatic rings. The summed E-state index contributed by atoms with van der Waals surface area (Å²) in [6.45, 7) is 2.58. The number of anilines is 2. The molecular weight excluding hydrogens is 250 g/mol. The number of nitrogens with zero attached hydrogens (tertiary/aromatic N) is 3. The van der Waals surface area contributed by atoms with Gasteiger partial charge in [-0.2, -0.15) is 0 Å². The number of hydrogen-bond donors (Lipinski definition) is 2. The topological polar surface area (TPSA) is 76.7 Å². The molecule has 0 unspecified atom stereocenters. The molecule has 3 N–H and O–H groups in total. The third-order valence-corrected chi connectivity index (χ3v) is 2.76. The number of rotatable bonds is 4. The second kappa shape index (κ2) is 5.64. The van der Waals surface area contributed by atoms with Crippen molar-refractivity contribution in [3.63, 3.8) is 0 Å². The van der Waals surface area contributed by atoms with Crippen molar-refractivity contribution < 1.29 is 0 Å². The summed E-state index contributed by atoms with van der Waals surface area (Å²) in [5, 5.41) is 3.45. The zero-order chi connectivity index (χ0) is 13.0. The molecule has 0 aliphatic heterocycles. The molecule has 5 nitrogen and oxygen atoms in total. The Morgan fingerprint density at radius 1 is 1.28 bits per heavy atom. The van der Waals surface area contributed by atoms with E-state index in [1.807, 2.05) is 19.1 Å². The fraction of sp³-hybridized carbons (Fsp3) is 0.250. The highest BCUT2D eigenvalue weighted by molar-refractivity contribution is 6.32. The molecular formula is C12H14ClN5. The van der Waals surface area contributed by atoms with Crippen LogP contribution in [0, 0.1) is 0 Å². The van der Waals surface area contributed by atoms with Crippen LogP contribution >= 0.6 is 11.6 Å². The average molecular weight is 264 g/mol. The van der Waals surface area contributed by atoms with E-state index in [1.165, 1.54) is 0 Å². The van der Waals surface area contributed by atoms with Crippen molar-refractivity contribution in [3.05, 3.63) is 41.1 Å². The second-order valence-corrected chi connectivity index (χ2v) is 4.11. The third kappa shape index (κ3) is 2.87. The highest BCUT2D eigenvalue weighted by Crippen LogP contribution is 2.24. The molecule has 0 bridgehead atoms. The molecule has 0 aromatic carbocycles. The van der Waals surface area contributed by atoms with Crippen LogP contribution in [-0.2, 0) is 13.0 Å². The molecule has 0 atom stereocenters. The fourth-order valence-corrected chi connectivity index (χ4v) is 1.65. The van der Waals surface area contributed by atoms with Gasteiger partial charge in [0.2, 0.25) is 0 Å².